The van der Waals surface area contributed by atoms with Gasteiger partial charge < -0.3 is 15.5 Å². The molecular formula is C25H30N8. The first kappa shape index (κ1) is 21.3. The minimum absolute atomic E-state index is 0.411. The summed E-state index contributed by atoms with van der Waals surface area (Å²) >= 11 is 0. The van der Waals surface area contributed by atoms with Crippen molar-refractivity contribution in [2.45, 2.75) is 44.7 Å². The zero-order chi connectivity index (χ0) is 22.8. The van der Waals surface area contributed by atoms with Gasteiger partial charge in [-0.05, 0) is 76.5 Å². The molecule has 0 aliphatic heterocycles. The highest BCUT2D eigenvalue weighted by Crippen LogP contribution is 2.27. The fourth-order valence-electron chi connectivity index (χ4n) is 4.52. The van der Waals surface area contributed by atoms with Gasteiger partial charge in [-0.1, -0.05) is 0 Å². The number of hydrogen-bond donors (Lipinski definition) is 2. The van der Waals surface area contributed by atoms with Gasteiger partial charge in [0.25, 0.3) is 0 Å². The number of nitrogens with zero attached hydrogens (tertiary/aromatic N) is 6. The van der Waals surface area contributed by atoms with E-state index < -0.39 is 0 Å². The lowest BCUT2D eigenvalue weighted by molar-refractivity contribution is 0.221. The van der Waals surface area contributed by atoms with Crippen molar-refractivity contribution in [3.63, 3.8) is 0 Å². The van der Waals surface area contributed by atoms with Gasteiger partial charge in [0.15, 0.2) is 0 Å². The Bertz CT molecular complexity index is 1230. The van der Waals surface area contributed by atoms with Crippen molar-refractivity contribution in [2.75, 3.05) is 24.7 Å². The molecule has 170 valence electrons. The maximum Gasteiger partial charge on any atom is 0.223 e. The third-order valence-corrected chi connectivity index (χ3v) is 6.43. The minimum atomic E-state index is 0.411. The molecule has 1 fully saturated rings. The van der Waals surface area contributed by atoms with Crippen LogP contribution in [0.5, 0.6) is 0 Å². The molecule has 8 nitrogen and oxygen atoms in total. The topological polar surface area (TPSA) is 83.3 Å². The molecule has 4 aromatic heterocycles. The van der Waals surface area contributed by atoms with E-state index in [1.165, 1.54) is 12.8 Å². The number of pyridine rings is 2. The molecule has 0 aromatic carbocycles. The fraction of sp³-hybridized carbons (Fsp3) is 0.360. The molecule has 1 aliphatic rings. The minimum Gasteiger partial charge on any atom is -0.353 e. The zero-order valence-electron chi connectivity index (χ0n) is 19.4. The van der Waals surface area contributed by atoms with E-state index in [4.69, 9.17) is 4.98 Å². The molecule has 0 saturated heterocycles. The first-order valence-electron chi connectivity index (χ1n) is 11.5. The molecular weight excluding hydrogens is 412 g/mol. The predicted octanol–water partition coefficient (Wildman–Crippen LogP) is 4.52. The van der Waals surface area contributed by atoms with Crippen LogP contribution in [0.4, 0.5) is 17.3 Å². The largest absolute Gasteiger partial charge is 0.353 e. The zero-order valence-corrected chi connectivity index (χ0v) is 19.4. The van der Waals surface area contributed by atoms with Crippen molar-refractivity contribution in [1.82, 2.24) is 29.2 Å². The highest BCUT2D eigenvalue weighted by Gasteiger charge is 2.23. The van der Waals surface area contributed by atoms with Crippen LogP contribution in [0.1, 0.15) is 31.2 Å². The van der Waals surface area contributed by atoms with Crippen LogP contribution >= 0.6 is 0 Å². The van der Waals surface area contributed by atoms with E-state index in [1.54, 1.807) is 12.4 Å². The Labute approximate surface area is 194 Å². The van der Waals surface area contributed by atoms with Crippen LogP contribution in [0.3, 0.4) is 0 Å². The average molecular weight is 443 g/mol. The van der Waals surface area contributed by atoms with Gasteiger partial charge in [0.1, 0.15) is 5.65 Å². The number of imidazole rings is 1. The number of aryl methyl sites for hydroxylation is 1. The van der Waals surface area contributed by atoms with Gasteiger partial charge in [-0.3, -0.25) is 9.38 Å². The number of fused-ring (bicyclic) bond motifs is 1. The Morgan fingerprint density at radius 3 is 2.58 bits per heavy atom. The molecule has 1 aliphatic carbocycles. The molecule has 5 rings (SSSR count). The smallest absolute Gasteiger partial charge is 0.223 e. The van der Waals surface area contributed by atoms with E-state index in [1.807, 2.05) is 49.8 Å². The number of aromatic nitrogens is 5. The number of anilines is 3. The molecule has 0 bridgehead atoms. The van der Waals surface area contributed by atoms with Crippen molar-refractivity contribution in [3.05, 3.63) is 60.8 Å². The normalized spacial score (nSPS) is 18.5. The lowest BCUT2D eigenvalue weighted by Crippen LogP contribution is -2.36. The average Bonchev–Trinajstić information content (AvgIpc) is 3.24. The number of nitrogens with one attached hydrogen (secondary N) is 2. The maximum absolute atomic E-state index is 4.90. The van der Waals surface area contributed by atoms with Crippen LogP contribution in [0.25, 0.3) is 17.0 Å². The predicted molar refractivity (Wildman–Crippen MR) is 132 cm³/mol. The Hall–Kier alpha value is -3.52. The Morgan fingerprint density at radius 2 is 1.82 bits per heavy atom. The first-order chi connectivity index (χ1) is 16.1. The van der Waals surface area contributed by atoms with E-state index in [0.29, 0.717) is 18.0 Å². The van der Waals surface area contributed by atoms with Gasteiger partial charge in [0, 0.05) is 30.7 Å². The fourth-order valence-corrected chi connectivity index (χ4v) is 4.52. The van der Waals surface area contributed by atoms with Gasteiger partial charge in [0.2, 0.25) is 5.95 Å². The van der Waals surface area contributed by atoms with Gasteiger partial charge in [0.05, 0.1) is 35.2 Å². The van der Waals surface area contributed by atoms with Crippen LogP contribution in [-0.4, -0.2) is 55.4 Å². The van der Waals surface area contributed by atoms with Crippen molar-refractivity contribution >= 4 is 23.0 Å². The Morgan fingerprint density at radius 1 is 0.970 bits per heavy atom. The van der Waals surface area contributed by atoms with E-state index in [2.05, 4.69) is 49.0 Å². The second kappa shape index (κ2) is 9.15. The summed E-state index contributed by atoms with van der Waals surface area (Å²) in [6, 6.07) is 9.00. The van der Waals surface area contributed by atoms with Crippen LogP contribution in [0, 0.1) is 6.92 Å². The molecule has 8 heteroatoms. The quantitative estimate of drug-likeness (QED) is 0.454. The van der Waals surface area contributed by atoms with E-state index in [-0.39, 0.29) is 0 Å². The first-order valence-corrected chi connectivity index (χ1v) is 11.5. The molecule has 0 spiro atoms. The molecule has 0 unspecified atom stereocenters. The lowest BCUT2D eigenvalue weighted by Gasteiger charge is -2.33. The van der Waals surface area contributed by atoms with Crippen LogP contribution in [0.15, 0.2) is 55.2 Å². The third-order valence-electron chi connectivity index (χ3n) is 6.43. The molecule has 0 atom stereocenters. The summed E-state index contributed by atoms with van der Waals surface area (Å²) in [5.41, 5.74) is 5.62. The van der Waals surface area contributed by atoms with Crippen LogP contribution in [-0.2, 0) is 0 Å². The molecule has 1 saturated carbocycles. The van der Waals surface area contributed by atoms with Crippen LogP contribution < -0.4 is 10.6 Å². The SMILES string of the molecule is Cc1cnc(NC2CCC(N(C)C)CC2)nc1-c1cnc2ccc(Nc3cccnc3)cn12. The monoisotopic (exact) mass is 442 g/mol. The molecule has 2 N–H and O–H groups in total. The summed E-state index contributed by atoms with van der Waals surface area (Å²) in [6.07, 6.45) is 14.0. The van der Waals surface area contributed by atoms with Crippen molar-refractivity contribution < 1.29 is 0 Å². The maximum atomic E-state index is 4.90. The highest BCUT2D eigenvalue weighted by molar-refractivity contribution is 5.67. The summed E-state index contributed by atoms with van der Waals surface area (Å²) in [5.74, 6) is 0.684. The Balaban J connectivity index is 1.39. The van der Waals surface area contributed by atoms with Crippen LogP contribution in [0.2, 0.25) is 0 Å². The van der Waals surface area contributed by atoms with E-state index in [0.717, 1.165) is 46.8 Å². The number of rotatable bonds is 6. The van der Waals surface area contributed by atoms with Gasteiger partial charge in [-0.15, -0.1) is 0 Å². The van der Waals surface area contributed by atoms with Crippen molar-refractivity contribution in [1.29, 1.82) is 0 Å². The number of hydrogen-bond acceptors (Lipinski definition) is 7. The summed E-state index contributed by atoms with van der Waals surface area (Å²) in [5, 5.41) is 6.97. The molecule has 4 aromatic rings. The summed E-state index contributed by atoms with van der Waals surface area (Å²) in [6.45, 7) is 2.04. The summed E-state index contributed by atoms with van der Waals surface area (Å²) < 4.78 is 2.07. The summed E-state index contributed by atoms with van der Waals surface area (Å²) in [7, 11) is 4.34. The Kier molecular flexibility index (Phi) is 5.92. The van der Waals surface area contributed by atoms with Gasteiger partial charge in [-0.25, -0.2) is 15.0 Å². The molecule has 33 heavy (non-hydrogen) atoms. The highest BCUT2D eigenvalue weighted by atomic mass is 15.1. The standard InChI is InChI=1S/C25H30N8/c1-17-13-28-25(30-18-6-9-21(10-7-18)32(2)3)31-24(17)22-15-27-23-11-8-20(16-33(22)23)29-19-5-4-12-26-14-19/h4-5,8,11-16,18,21,29H,6-7,9-10H2,1-3H3,(H,28,30,31). The van der Waals surface area contributed by atoms with E-state index >= 15 is 0 Å². The summed E-state index contributed by atoms with van der Waals surface area (Å²) in [4.78, 5) is 20.6. The van der Waals surface area contributed by atoms with Gasteiger partial charge >= 0.3 is 0 Å². The second-order valence-corrected chi connectivity index (χ2v) is 8.99. The lowest BCUT2D eigenvalue weighted by atomic mass is 9.90. The molecule has 0 radical (unpaired) electrons. The molecule has 0 amide bonds. The second-order valence-electron chi connectivity index (χ2n) is 8.99. The van der Waals surface area contributed by atoms with Gasteiger partial charge in [-0.2, -0.15) is 0 Å². The van der Waals surface area contributed by atoms with Crippen molar-refractivity contribution in [2.24, 2.45) is 0 Å². The third kappa shape index (κ3) is 4.66. The van der Waals surface area contributed by atoms with E-state index in [9.17, 15) is 0 Å². The van der Waals surface area contributed by atoms with Crippen molar-refractivity contribution in [3.8, 4) is 11.4 Å². The molecule has 4 heterocycles.